The van der Waals surface area contributed by atoms with Crippen molar-refractivity contribution < 1.29 is 32.6 Å². The van der Waals surface area contributed by atoms with Crippen LogP contribution in [0.5, 0.6) is 0 Å². The number of hydrogen-bond acceptors (Lipinski definition) is 8. The van der Waals surface area contributed by atoms with E-state index in [2.05, 4.69) is 50.2 Å². The summed E-state index contributed by atoms with van der Waals surface area (Å²) >= 11 is 3.55. The number of likely N-dealkylation sites (tertiary alicyclic amines) is 1. The van der Waals surface area contributed by atoms with E-state index < -0.39 is 12.1 Å². The Morgan fingerprint density at radius 2 is 1.89 bits per heavy atom. The molecule has 0 unspecified atom stereocenters. The van der Waals surface area contributed by atoms with Gasteiger partial charge in [0.15, 0.2) is 11.6 Å². The summed E-state index contributed by atoms with van der Waals surface area (Å²) in [5.41, 5.74) is -0.202. The highest BCUT2D eigenvalue weighted by molar-refractivity contribution is 7.13. The predicted molar refractivity (Wildman–Crippen MR) is 131 cm³/mol. The molecule has 0 saturated carbocycles. The molecule has 14 heteroatoms. The molecule has 0 aliphatic carbocycles. The van der Waals surface area contributed by atoms with Crippen LogP contribution >= 0.6 is 22.7 Å². The third-order valence-electron chi connectivity index (χ3n) is 6.40. The maximum Gasteiger partial charge on any atom is 0.490 e. The monoisotopic (exact) mass is 557 g/mol. The van der Waals surface area contributed by atoms with Crippen molar-refractivity contribution in [2.24, 2.45) is 0 Å². The second kappa shape index (κ2) is 10.8. The first-order valence-corrected chi connectivity index (χ1v) is 13.1. The number of aryl methyl sites for hydroxylation is 1. The van der Waals surface area contributed by atoms with Gasteiger partial charge in [0.2, 0.25) is 0 Å². The van der Waals surface area contributed by atoms with Crippen molar-refractivity contribution in [2.45, 2.75) is 44.6 Å². The van der Waals surface area contributed by atoms with Gasteiger partial charge in [0, 0.05) is 35.9 Å². The molecule has 9 nitrogen and oxygen atoms in total. The Hall–Kier alpha value is -2.97. The zero-order valence-electron chi connectivity index (χ0n) is 20.2. The van der Waals surface area contributed by atoms with Gasteiger partial charge in [-0.05, 0) is 43.3 Å². The molecular weight excluding hydrogens is 531 g/mol. The van der Waals surface area contributed by atoms with Crippen LogP contribution in [0.3, 0.4) is 0 Å². The Balaban J connectivity index is 0.000000405. The zero-order chi connectivity index (χ0) is 26.8. The minimum absolute atomic E-state index is 0.202. The van der Waals surface area contributed by atoms with Crippen LogP contribution in [-0.4, -0.2) is 74.7 Å². The number of ether oxygens (including phenoxy) is 1. The van der Waals surface area contributed by atoms with Crippen molar-refractivity contribution in [3.05, 3.63) is 45.2 Å². The van der Waals surface area contributed by atoms with E-state index in [0.717, 1.165) is 49.0 Å². The first-order chi connectivity index (χ1) is 17.5. The number of amides is 1. The largest absolute Gasteiger partial charge is 0.490 e. The number of carbonyl (C=O) groups excluding carboxylic acids is 1. The molecule has 5 heterocycles. The van der Waals surface area contributed by atoms with Crippen LogP contribution in [0.4, 0.5) is 18.0 Å². The Morgan fingerprint density at radius 3 is 2.43 bits per heavy atom. The van der Waals surface area contributed by atoms with E-state index in [0.29, 0.717) is 13.1 Å². The number of carboxylic acid groups (broad SMARTS) is 1. The molecule has 0 atom stereocenters. The zero-order valence-corrected chi connectivity index (χ0v) is 21.8. The van der Waals surface area contributed by atoms with Crippen molar-refractivity contribution >= 4 is 34.7 Å². The number of alkyl halides is 3. The number of hydrogen-bond donors (Lipinski definition) is 1. The molecule has 0 aromatic carbocycles. The summed E-state index contributed by atoms with van der Waals surface area (Å²) in [6, 6.07) is 8.56. The Morgan fingerprint density at radius 1 is 1.19 bits per heavy atom. The van der Waals surface area contributed by atoms with Gasteiger partial charge in [-0.3, -0.25) is 9.80 Å². The number of rotatable bonds is 3. The lowest BCUT2D eigenvalue weighted by Gasteiger charge is -2.48. The highest BCUT2D eigenvalue weighted by Crippen LogP contribution is 2.40. The number of thiophene rings is 2. The standard InChI is InChI=1S/C21H25N5O2S2.C2HF3O2/c1-15-5-6-16(30-15)12-24-9-7-21(8-10-24)14-25(20(27)28-2)13-18-22-23-19(26(18)21)17-4-3-11-29-17;3-2(4,5)1(6)7/h3-6,11H,7-10,12-14H2,1-2H3;(H,6,7). The van der Waals surface area contributed by atoms with Crippen molar-refractivity contribution in [3.8, 4) is 10.7 Å². The molecule has 200 valence electrons. The van der Waals surface area contributed by atoms with Gasteiger partial charge in [-0.2, -0.15) is 13.2 Å². The topological polar surface area (TPSA) is 101 Å². The van der Waals surface area contributed by atoms with Gasteiger partial charge < -0.3 is 14.4 Å². The highest BCUT2D eigenvalue weighted by atomic mass is 32.1. The number of methoxy groups -OCH3 is 1. The smallest absolute Gasteiger partial charge is 0.475 e. The van der Waals surface area contributed by atoms with E-state index in [1.165, 1.54) is 16.9 Å². The summed E-state index contributed by atoms with van der Waals surface area (Å²) in [4.78, 5) is 29.5. The van der Waals surface area contributed by atoms with Crippen LogP contribution < -0.4 is 0 Å². The quantitative estimate of drug-likeness (QED) is 0.503. The van der Waals surface area contributed by atoms with Crippen molar-refractivity contribution in [1.82, 2.24) is 24.6 Å². The number of carboxylic acids is 1. The SMILES string of the molecule is COC(=O)N1Cc2nnc(-c3cccs3)n2C2(CCN(Cc3ccc(C)s3)CC2)C1.O=C(O)C(F)(F)F. The molecule has 1 fully saturated rings. The fraction of sp³-hybridized carbons (Fsp3) is 0.478. The number of halogens is 3. The fourth-order valence-corrected chi connectivity index (χ4v) is 6.32. The van der Waals surface area contributed by atoms with Crippen LogP contribution in [0.25, 0.3) is 10.7 Å². The van der Waals surface area contributed by atoms with E-state index in [1.54, 1.807) is 16.2 Å². The van der Waals surface area contributed by atoms with Crippen molar-refractivity contribution in [3.63, 3.8) is 0 Å². The van der Waals surface area contributed by atoms with E-state index >= 15 is 0 Å². The molecule has 3 aromatic heterocycles. The Labute approximate surface area is 219 Å². The van der Waals surface area contributed by atoms with E-state index in [4.69, 9.17) is 14.6 Å². The number of aromatic nitrogens is 3. The van der Waals surface area contributed by atoms with Gasteiger partial charge in [-0.1, -0.05) is 6.07 Å². The maximum absolute atomic E-state index is 12.4. The first-order valence-electron chi connectivity index (χ1n) is 11.4. The minimum Gasteiger partial charge on any atom is -0.475 e. The van der Waals surface area contributed by atoms with Crippen molar-refractivity contribution in [2.75, 3.05) is 26.7 Å². The molecule has 0 bridgehead atoms. The Kier molecular flexibility index (Phi) is 7.90. The fourth-order valence-electron chi connectivity index (χ4n) is 4.69. The molecule has 1 N–H and O–H groups in total. The summed E-state index contributed by atoms with van der Waals surface area (Å²) in [7, 11) is 1.44. The lowest BCUT2D eigenvalue weighted by molar-refractivity contribution is -0.192. The summed E-state index contributed by atoms with van der Waals surface area (Å²) in [5, 5.41) is 18.2. The van der Waals surface area contributed by atoms with Gasteiger partial charge in [-0.15, -0.1) is 32.9 Å². The molecule has 1 amide bonds. The van der Waals surface area contributed by atoms with Crippen LogP contribution in [0.15, 0.2) is 29.6 Å². The Bertz CT molecular complexity index is 1230. The van der Waals surface area contributed by atoms with E-state index in [9.17, 15) is 18.0 Å². The molecule has 2 aliphatic heterocycles. The second-order valence-electron chi connectivity index (χ2n) is 8.89. The number of fused-ring (bicyclic) bond motifs is 2. The molecule has 2 aliphatic rings. The van der Waals surface area contributed by atoms with Gasteiger partial charge in [-0.25, -0.2) is 9.59 Å². The number of aliphatic carboxylic acids is 1. The molecule has 3 aromatic rings. The van der Waals surface area contributed by atoms with Gasteiger partial charge >= 0.3 is 18.2 Å². The molecule has 5 rings (SSSR count). The lowest BCUT2D eigenvalue weighted by Crippen LogP contribution is -2.56. The predicted octanol–water partition coefficient (Wildman–Crippen LogP) is 4.58. The molecule has 37 heavy (non-hydrogen) atoms. The summed E-state index contributed by atoms with van der Waals surface area (Å²) in [5.74, 6) is -0.989. The average Bonchev–Trinajstić information content (AvgIpc) is 3.61. The lowest BCUT2D eigenvalue weighted by atomic mass is 9.84. The number of piperidine rings is 1. The van der Waals surface area contributed by atoms with E-state index in [1.807, 2.05) is 17.4 Å². The first kappa shape index (κ1) is 27.1. The maximum atomic E-state index is 12.4. The molecule has 0 radical (unpaired) electrons. The summed E-state index contributed by atoms with van der Waals surface area (Å²) in [6.07, 6.45) is -3.47. The van der Waals surface area contributed by atoms with Crippen LogP contribution in [-0.2, 0) is 28.2 Å². The highest BCUT2D eigenvalue weighted by Gasteiger charge is 2.46. The normalized spacial score (nSPS) is 17.2. The third-order valence-corrected chi connectivity index (χ3v) is 8.25. The average molecular weight is 558 g/mol. The van der Waals surface area contributed by atoms with Crippen LogP contribution in [0.2, 0.25) is 0 Å². The van der Waals surface area contributed by atoms with Gasteiger partial charge in [0.05, 0.1) is 24.1 Å². The molecule has 1 spiro atoms. The number of carbonyl (C=O) groups is 2. The minimum atomic E-state index is -5.08. The van der Waals surface area contributed by atoms with Crippen LogP contribution in [0.1, 0.15) is 28.4 Å². The van der Waals surface area contributed by atoms with E-state index in [-0.39, 0.29) is 11.6 Å². The van der Waals surface area contributed by atoms with Gasteiger partial charge in [0.1, 0.15) is 0 Å². The van der Waals surface area contributed by atoms with Gasteiger partial charge in [0.25, 0.3) is 0 Å². The number of nitrogens with zero attached hydrogens (tertiary/aromatic N) is 5. The van der Waals surface area contributed by atoms with Crippen molar-refractivity contribution in [1.29, 1.82) is 0 Å². The summed E-state index contributed by atoms with van der Waals surface area (Å²) < 4.78 is 39.1. The second-order valence-corrected chi connectivity index (χ2v) is 11.2. The third kappa shape index (κ3) is 5.96. The molecular formula is C23H26F3N5O4S2. The molecule has 1 saturated heterocycles. The summed E-state index contributed by atoms with van der Waals surface area (Å²) in [6.45, 7) is 6.17. The van der Waals surface area contributed by atoms with Crippen LogP contribution in [0, 0.1) is 6.92 Å².